The van der Waals surface area contributed by atoms with Gasteiger partial charge in [0.05, 0.1) is 10.7 Å². The van der Waals surface area contributed by atoms with E-state index in [1.807, 2.05) is 6.92 Å². The minimum atomic E-state index is 0.119. The fourth-order valence-electron chi connectivity index (χ4n) is 3.73. The highest BCUT2D eigenvalue weighted by Gasteiger charge is 2.25. The first kappa shape index (κ1) is 21.9. The zero-order valence-electron chi connectivity index (χ0n) is 18.1. The van der Waals surface area contributed by atoms with Gasteiger partial charge in [-0.1, -0.05) is 24.3 Å². The van der Waals surface area contributed by atoms with Crippen molar-refractivity contribution in [2.75, 3.05) is 20.1 Å². The van der Waals surface area contributed by atoms with Gasteiger partial charge in [-0.2, -0.15) is 0 Å². The molecule has 0 bridgehead atoms. The van der Waals surface area contributed by atoms with Crippen LogP contribution in [-0.2, 0) is 24.4 Å². The van der Waals surface area contributed by atoms with Crippen molar-refractivity contribution in [3.05, 3.63) is 51.5 Å². The van der Waals surface area contributed by atoms with Crippen molar-refractivity contribution in [3.8, 4) is 0 Å². The Labute approximate surface area is 179 Å². The number of benzene rings is 1. The number of aromatic nitrogens is 1. The summed E-state index contributed by atoms with van der Waals surface area (Å²) in [6, 6.07) is 8.92. The standard InChI is InChI=1S/C23H34N4OS/c1-17(2)26(4)14-21-8-6-5-7-20(21)13-24-23(28)19-9-11-27(12-10-19)15-22-16-29-18(3)25-22/h5-8,16-17,19H,9-15H2,1-4H3,(H,24,28). The maximum absolute atomic E-state index is 12.7. The summed E-state index contributed by atoms with van der Waals surface area (Å²) in [5, 5.41) is 6.45. The maximum atomic E-state index is 12.7. The quantitative estimate of drug-likeness (QED) is 0.713. The Morgan fingerprint density at radius 2 is 1.97 bits per heavy atom. The minimum absolute atomic E-state index is 0.119. The lowest BCUT2D eigenvalue weighted by molar-refractivity contribution is -0.126. The number of nitrogens with zero attached hydrogens (tertiary/aromatic N) is 3. The molecule has 0 aliphatic carbocycles. The molecule has 0 radical (unpaired) electrons. The molecule has 1 N–H and O–H groups in total. The van der Waals surface area contributed by atoms with Crippen LogP contribution in [0.4, 0.5) is 0 Å². The van der Waals surface area contributed by atoms with Crippen LogP contribution in [0.1, 0.15) is 48.5 Å². The molecule has 0 spiro atoms. The van der Waals surface area contributed by atoms with Crippen molar-refractivity contribution in [2.45, 2.75) is 59.3 Å². The summed E-state index contributed by atoms with van der Waals surface area (Å²) in [5.41, 5.74) is 3.65. The normalized spacial score (nSPS) is 15.9. The summed E-state index contributed by atoms with van der Waals surface area (Å²) in [5.74, 6) is 0.315. The van der Waals surface area contributed by atoms with E-state index in [4.69, 9.17) is 0 Å². The average molecular weight is 415 g/mol. The Bertz CT molecular complexity index is 796. The number of likely N-dealkylation sites (tertiary alicyclic amines) is 1. The molecule has 2 heterocycles. The molecule has 0 atom stereocenters. The molecule has 1 saturated heterocycles. The largest absolute Gasteiger partial charge is 0.352 e. The van der Waals surface area contributed by atoms with Crippen LogP contribution in [0.5, 0.6) is 0 Å². The summed E-state index contributed by atoms with van der Waals surface area (Å²) < 4.78 is 0. The monoisotopic (exact) mass is 414 g/mol. The van der Waals surface area contributed by atoms with E-state index in [2.05, 4.69) is 70.6 Å². The molecule has 1 aliphatic rings. The molecule has 0 unspecified atom stereocenters. The van der Waals surface area contributed by atoms with Crippen molar-refractivity contribution in [1.82, 2.24) is 20.1 Å². The Balaban J connectivity index is 1.47. The molecule has 158 valence electrons. The Hall–Kier alpha value is -1.76. The van der Waals surface area contributed by atoms with E-state index in [1.54, 1.807) is 11.3 Å². The number of carbonyl (C=O) groups excluding carboxylic acids is 1. The summed E-state index contributed by atoms with van der Waals surface area (Å²) in [7, 11) is 2.14. The zero-order chi connectivity index (χ0) is 20.8. The van der Waals surface area contributed by atoms with Gasteiger partial charge in [0, 0.05) is 37.0 Å². The molecule has 1 aromatic heterocycles. The first-order chi connectivity index (χ1) is 13.9. The molecular formula is C23H34N4OS. The molecule has 5 nitrogen and oxygen atoms in total. The van der Waals surface area contributed by atoms with Gasteiger partial charge in [-0.25, -0.2) is 4.98 Å². The predicted octanol–water partition coefficient (Wildman–Crippen LogP) is 3.82. The predicted molar refractivity (Wildman–Crippen MR) is 120 cm³/mol. The highest BCUT2D eigenvalue weighted by molar-refractivity contribution is 7.09. The highest BCUT2D eigenvalue weighted by Crippen LogP contribution is 2.20. The second-order valence-corrected chi connectivity index (χ2v) is 9.47. The summed E-state index contributed by atoms with van der Waals surface area (Å²) in [6.45, 7) is 10.8. The molecule has 0 saturated carbocycles. The van der Waals surface area contributed by atoms with Gasteiger partial charge >= 0.3 is 0 Å². The topological polar surface area (TPSA) is 48.5 Å². The minimum Gasteiger partial charge on any atom is -0.352 e. The lowest BCUT2D eigenvalue weighted by Gasteiger charge is -2.30. The van der Waals surface area contributed by atoms with Crippen molar-refractivity contribution >= 4 is 17.2 Å². The van der Waals surface area contributed by atoms with Gasteiger partial charge in [-0.05, 0) is 64.9 Å². The van der Waals surface area contributed by atoms with E-state index in [-0.39, 0.29) is 11.8 Å². The van der Waals surface area contributed by atoms with E-state index in [9.17, 15) is 4.79 Å². The third kappa shape index (κ3) is 6.36. The van der Waals surface area contributed by atoms with E-state index in [0.29, 0.717) is 12.6 Å². The molecule has 1 amide bonds. The third-order valence-corrected chi connectivity index (χ3v) is 6.71. The number of thiazole rings is 1. The maximum Gasteiger partial charge on any atom is 0.223 e. The Morgan fingerprint density at radius 3 is 2.59 bits per heavy atom. The van der Waals surface area contributed by atoms with Crippen LogP contribution in [0.2, 0.25) is 0 Å². The number of piperidine rings is 1. The molecular weight excluding hydrogens is 380 g/mol. The fourth-order valence-corrected chi connectivity index (χ4v) is 4.33. The van der Waals surface area contributed by atoms with Crippen LogP contribution in [-0.4, -0.2) is 46.9 Å². The van der Waals surface area contributed by atoms with E-state index in [0.717, 1.165) is 49.7 Å². The number of nitrogens with one attached hydrogen (secondary N) is 1. The lowest BCUT2D eigenvalue weighted by atomic mass is 9.95. The summed E-state index contributed by atoms with van der Waals surface area (Å²) in [6.07, 6.45) is 1.85. The summed E-state index contributed by atoms with van der Waals surface area (Å²) >= 11 is 1.70. The molecule has 3 rings (SSSR count). The molecule has 1 fully saturated rings. The van der Waals surface area contributed by atoms with Crippen LogP contribution in [0.15, 0.2) is 29.6 Å². The van der Waals surface area contributed by atoms with Crippen LogP contribution in [0, 0.1) is 12.8 Å². The molecule has 1 aromatic carbocycles. The number of amides is 1. The van der Waals surface area contributed by atoms with Gasteiger partial charge in [0.15, 0.2) is 0 Å². The van der Waals surface area contributed by atoms with Gasteiger partial charge in [0.1, 0.15) is 0 Å². The molecule has 1 aliphatic heterocycles. The van der Waals surface area contributed by atoms with Crippen molar-refractivity contribution in [1.29, 1.82) is 0 Å². The first-order valence-electron chi connectivity index (χ1n) is 10.6. The van der Waals surface area contributed by atoms with Gasteiger partial charge in [-0.3, -0.25) is 14.6 Å². The van der Waals surface area contributed by atoms with Crippen molar-refractivity contribution < 1.29 is 4.79 Å². The molecule has 6 heteroatoms. The van der Waals surface area contributed by atoms with Crippen molar-refractivity contribution in [3.63, 3.8) is 0 Å². The van der Waals surface area contributed by atoms with Crippen molar-refractivity contribution in [2.24, 2.45) is 5.92 Å². The second-order valence-electron chi connectivity index (χ2n) is 8.40. The van der Waals surface area contributed by atoms with Crippen LogP contribution >= 0.6 is 11.3 Å². The number of carbonyl (C=O) groups is 1. The fraction of sp³-hybridized carbons (Fsp3) is 0.565. The van der Waals surface area contributed by atoms with Crippen LogP contribution < -0.4 is 5.32 Å². The van der Waals surface area contributed by atoms with Gasteiger partial charge in [-0.15, -0.1) is 11.3 Å². The average Bonchev–Trinajstić information content (AvgIpc) is 3.12. The van der Waals surface area contributed by atoms with E-state index >= 15 is 0 Å². The van der Waals surface area contributed by atoms with Gasteiger partial charge in [0.25, 0.3) is 0 Å². The zero-order valence-corrected chi connectivity index (χ0v) is 19.0. The Kier molecular flexibility index (Phi) is 7.81. The first-order valence-corrected chi connectivity index (χ1v) is 11.5. The SMILES string of the molecule is Cc1nc(CN2CCC(C(=O)NCc3ccccc3CN(C)C(C)C)CC2)cs1. The summed E-state index contributed by atoms with van der Waals surface area (Å²) in [4.78, 5) is 22.0. The number of hydrogen-bond acceptors (Lipinski definition) is 5. The highest BCUT2D eigenvalue weighted by atomic mass is 32.1. The second kappa shape index (κ2) is 10.3. The molecule has 2 aromatic rings. The van der Waals surface area contributed by atoms with Gasteiger partial charge in [0.2, 0.25) is 5.91 Å². The van der Waals surface area contributed by atoms with Crippen LogP contribution in [0.25, 0.3) is 0 Å². The smallest absolute Gasteiger partial charge is 0.223 e. The molecule has 29 heavy (non-hydrogen) atoms. The Morgan fingerprint density at radius 1 is 1.28 bits per heavy atom. The third-order valence-electron chi connectivity index (χ3n) is 5.88. The lowest BCUT2D eigenvalue weighted by Crippen LogP contribution is -2.40. The number of hydrogen-bond donors (Lipinski definition) is 1. The van der Waals surface area contributed by atoms with Gasteiger partial charge < -0.3 is 5.32 Å². The number of rotatable bonds is 8. The number of aryl methyl sites for hydroxylation is 1. The van der Waals surface area contributed by atoms with Crippen LogP contribution in [0.3, 0.4) is 0 Å². The van der Waals surface area contributed by atoms with E-state index in [1.165, 1.54) is 11.1 Å². The van der Waals surface area contributed by atoms with E-state index < -0.39 is 0 Å².